The van der Waals surface area contributed by atoms with Crippen molar-refractivity contribution < 1.29 is 13.9 Å². The molecule has 70 valence electrons. The van der Waals surface area contributed by atoms with Crippen molar-refractivity contribution in [2.24, 2.45) is 5.73 Å². The highest BCUT2D eigenvalue weighted by molar-refractivity contribution is 6.31. The second-order valence-electron chi connectivity index (χ2n) is 2.32. The molecule has 2 N–H and O–H groups in total. The van der Waals surface area contributed by atoms with Gasteiger partial charge >= 0.3 is 6.09 Å². The molecular weight excluding hydrogens is 197 g/mol. The van der Waals surface area contributed by atoms with Gasteiger partial charge in [0.15, 0.2) is 0 Å². The number of carbonyl (C=O) groups excluding carboxylic acids is 1. The molecule has 0 aromatic heterocycles. The van der Waals surface area contributed by atoms with E-state index in [2.05, 4.69) is 4.74 Å². The predicted octanol–water partition coefficient (Wildman–Crippen LogP) is 2.07. The summed E-state index contributed by atoms with van der Waals surface area (Å²) >= 11 is 5.57. The number of nitrogens with two attached hydrogens (primary N) is 1. The number of benzene rings is 1. The van der Waals surface area contributed by atoms with Crippen LogP contribution in [0.5, 0.6) is 0 Å². The number of carbonyl (C=O) groups is 1. The van der Waals surface area contributed by atoms with Gasteiger partial charge in [-0.3, -0.25) is 0 Å². The van der Waals surface area contributed by atoms with E-state index in [1.807, 2.05) is 0 Å². The normalized spacial score (nSPS) is 9.69. The molecule has 0 unspecified atom stereocenters. The van der Waals surface area contributed by atoms with Crippen LogP contribution in [-0.2, 0) is 11.3 Å². The average Bonchev–Trinajstić information content (AvgIpc) is 2.07. The van der Waals surface area contributed by atoms with Crippen molar-refractivity contribution >= 4 is 17.7 Å². The van der Waals surface area contributed by atoms with Crippen LogP contribution in [0.3, 0.4) is 0 Å². The topological polar surface area (TPSA) is 52.3 Å². The molecule has 1 aromatic carbocycles. The number of primary amides is 1. The molecule has 0 aliphatic rings. The smallest absolute Gasteiger partial charge is 0.404 e. The lowest BCUT2D eigenvalue weighted by Crippen LogP contribution is -2.12. The van der Waals surface area contributed by atoms with Gasteiger partial charge in [0, 0.05) is 5.56 Å². The summed E-state index contributed by atoms with van der Waals surface area (Å²) in [6, 6.07) is 4.24. The molecule has 0 radical (unpaired) electrons. The number of hydrogen-bond acceptors (Lipinski definition) is 2. The van der Waals surface area contributed by atoms with E-state index in [4.69, 9.17) is 17.3 Å². The van der Waals surface area contributed by atoms with E-state index in [0.29, 0.717) is 5.56 Å². The lowest BCUT2D eigenvalue weighted by Gasteiger charge is -2.04. The summed E-state index contributed by atoms with van der Waals surface area (Å²) < 4.78 is 17.3. The Morgan fingerprint density at radius 3 is 2.92 bits per heavy atom. The first-order valence-electron chi connectivity index (χ1n) is 3.46. The molecule has 3 nitrogen and oxygen atoms in total. The lowest BCUT2D eigenvalue weighted by molar-refractivity contribution is 0.150. The van der Waals surface area contributed by atoms with Crippen LogP contribution in [-0.4, -0.2) is 6.09 Å². The Hall–Kier alpha value is -1.29. The van der Waals surface area contributed by atoms with E-state index in [9.17, 15) is 9.18 Å². The minimum atomic E-state index is -0.916. The molecule has 1 rings (SSSR count). The van der Waals surface area contributed by atoms with Crippen LogP contribution in [0.15, 0.2) is 18.2 Å². The lowest BCUT2D eigenvalue weighted by atomic mass is 10.2. The number of hydrogen-bond donors (Lipinski definition) is 1. The van der Waals surface area contributed by atoms with Gasteiger partial charge in [-0.05, 0) is 6.07 Å². The fourth-order valence-electron chi connectivity index (χ4n) is 0.809. The summed E-state index contributed by atoms with van der Waals surface area (Å²) in [5.74, 6) is -0.549. The molecule has 13 heavy (non-hydrogen) atoms. The molecule has 0 aliphatic heterocycles. The minimum absolute atomic E-state index is 0.0521. The van der Waals surface area contributed by atoms with E-state index in [-0.39, 0.29) is 11.6 Å². The number of halogens is 2. The fourth-order valence-corrected chi connectivity index (χ4v) is 0.989. The van der Waals surface area contributed by atoms with Crippen LogP contribution < -0.4 is 5.73 Å². The van der Waals surface area contributed by atoms with Gasteiger partial charge in [-0.25, -0.2) is 9.18 Å². The van der Waals surface area contributed by atoms with E-state index in [1.54, 1.807) is 6.07 Å². The first-order chi connectivity index (χ1) is 6.11. The maximum Gasteiger partial charge on any atom is 0.404 e. The van der Waals surface area contributed by atoms with E-state index in [1.165, 1.54) is 12.1 Å². The van der Waals surface area contributed by atoms with Crippen molar-refractivity contribution in [3.05, 3.63) is 34.6 Å². The third-order valence-corrected chi connectivity index (χ3v) is 1.82. The molecular formula is C8H7ClFNO2. The highest BCUT2D eigenvalue weighted by Gasteiger charge is 2.06. The van der Waals surface area contributed by atoms with Gasteiger partial charge < -0.3 is 10.5 Å². The third kappa shape index (κ3) is 2.59. The maximum atomic E-state index is 12.8. The van der Waals surface area contributed by atoms with Crippen molar-refractivity contribution in [2.45, 2.75) is 6.61 Å². The van der Waals surface area contributed by atoms with E-state index < -0.39 is 11.9 Å². The van der Waals surface area contributed by atoms with Crippen LogP contribution in [0, 0.1) is 5.82 Å². The summed E-state index contributed by atoms with van der Waals surface area (Å²) in [7, 11) is 0. The van der Waals surface area contributed by atoms with Gasteiger partial charge in [0.2, 0.25) is 0 Å². The first-order valence-corrected chi connectivity index (χ1v) is 3.84. The van der Waals surface area contributed by atoms with Crippen molar-refractivity contribution in [1.29, 1.82) is 0 Å². The largest absolute Gasteiger partial charge is 0.445 e. The Bertz CT molecular complexity index is 330. The fraction of sp³-hybridized carbons (Fsp3) is 0.125. The van der Waals surface area contributed by atoms with Crippen molar-refractivity contribution in [3.8, 4) is 0 Å². The van der Waals surface area contributed by atoms with Gasteiger partial charge in [-0.2, -0.15) is 0 Å². The highest BCUT2D eigenvalue weighted by Crippen LogP contribution is 2.19. The van der Waals surface area contributed by atoms with Crippen molar-refractivity contribution in [2.75, 3.05) is 0 Å². The van der Waals surface area contributed by atoms with Crippen LogP contribution in [0.4, 0.5) is 9.18 Å². The van der Waals surface area contributed by atoms with Crippen molar-refractivity contribution in [3.63, 3.8) is 0 Å². The second-order valence-corrected chi connectivity index (χ2v) is 2.70. The molecule has 1 aromatic rings. The van der Waals surface area contributed by atoms with Crippen LogP contribution >= 0.6 is 11.6 Å². The monoisotopic (exact) mass is 203 g/mol. The Labute approximate surface area is 79.2 Å². The summed E-state index contributed by atoms with van der Waals surface area (Å²) in [6.45, 7) is -0.119. The average molecular weight is 204 g/mol. The predicted molar refractivity (Wildman–Crippen MR) is 45.8 cm³/mol. The summed E-state index contributed by atoms with van der Waals surface area (Å²) in [5, 5.41) is -0.0521. The quantitative estimate of drug-likeness (QED) is 0.800. The Balaban J connectivity index is 2.77. The summed E-state index contributed by atoms with van der Waals surface area (Å²) in [5.41, 5.74) is 5.12. The first kappa shape index (κ1) is 9.80. The summed E-state index contributed by atoms with van der Waals surface area (Å²) in [6.07, 6.45) is -0.916. The van der Waals surface area contributed by atoms with Crippen molar-refractivity contribution in [1.82, 2.24) is 0 Å². The van der Waals surface area contributed by atoms with Gasteiger partial charge in [0.05, 0.1) is 5.02 Å². The zero-order chi connectivity index (χ0) is 9.84. The SMILES string of the molecule is NC(=O)OCc1cccc(F)c1Cl. The second kappa shape index (κ2) is 4.09. The standard InChI is InChI=1S/C8H7ClFNO2/c9-7-5(4-13-8(11)12)2-1-3-6(7)10/h1-3H,4H2,(H2,11,12). The zero-order valence-electron chi connectivity index (χ0n) is 6.59. The van der Waals surface area contributed by atoms with Crippen LogP contribution in [0.25, 0.3) is 0 Å². The molecule has 0 heterocycles. The molecule has 0 aliphatic carbocycles. The van der Waals surface area contributed by atoms with Crippen LogP contribution in [0.1, 0.15) is 5.56 Å². The van der Waals surface area contributed by atoms with Gasteiger partial charge in [-0.15, -0.1) is 0 Å². The maximum absolute atomic E-state index is 12.8. The number of rotatable bonds is 2. The highest BCUT2D eigenvalue weighted by atomic mass is 35.5. The Morgan fingerprint density at radius 2 is 2.31 bits per heavy atom. The molecule has 0 saturated heterocycles. The van der Waals surface area contributed by atoms with E-state index in [0.717, 1.165) is 0 Å². The Kier molecular flexibility index (Phi) is 3.08. The molecule has 0 saturated carbocycles. The summed E-state index contributed by atoms with van der Waals surface area (Å²) in [4.78, 5) is 10.2. The third-order valence-electron chi connectivity index (χ3n) is 1.40. The van der Waals surface area contributed by atoms with Gasteiger partial charge in [0.1, 0.15) is 12.4 Å². The number of ether oxygens (including phenoxy) is 1. The van der Waals surface area contributed by atoms with Gasteiger partial charge in [-0.1, -0.05) is 23.7 Å². The zero-order valence-corrected chi connectivity index (χ0v) is 7.34. The molecule has 0 atom stereocenters. The van der Waals surface area contributed by atoms with Crippen LogP contribution in [0.2, 0.25) is 5.02 Å². The molecule has 0 spiro atoms. The molecule has 0 fully saturated rings. The molecule has 0 bridgehead atoms. The minimum Gasteiger partial charge on any atom is -0.445 e. The van der Waals surface area contributed by atoms with E-state index >= 15 is 0 Å². The number of amides is 1. The Morgan fingerprint density at radius 1 is 1.62 bits per heavy atom. The molecule has 5 heteroatoms. The van der Waals surface area contributed by atoms with Gasteiger partial charge in [0.25, 0.3) is 0 Å². The molecule has 1 amide bonds.